The van der Waals surface area contributed by atoms with Gasteiger partial charge >= 0.3 is 0 Å². The number of unbranched alkanes of at least 4 members (excludes halogenated alkanes) is 15. The van der Waals surface area contributed by atoms with Gasteiger partial charge in [0.2, 0.25) is 0 Å². The van der Waals surface area contributed by atoms with Crippen LogP contribution in [0.25, 0.3) is 0 Å². The molecule has 0 saturated carbocycles. The predicted molar refractivity (Wildman–Crippen MR) is 171 cm³/mol. The minimum Gasteiger partial charge on any atom is -0.744 e. The molecule has 0 spiro atoms. The van der Waals surface area contributed by atoms with E-state index in [0.717, 1.165) is 16.6 Å². The second kappa shape index (κ2) is 21.1. The molecule has 0 radical (unpaired) electrons. The quantitative estimate of drug-likeness (QED) is 0.0900. The molecule has 40 heavy (non-hydrogen) atoms. The summed E-state index contributed by atoms with van der Waals surface area (Å²) in [7, 11) is 0.446. The highest BCUT2D eigenvalue weighted by atomic mass is 32.2. The zero-order valence-corrected chi connectivity index (χ0v) is 27.2. The van der Waals surface area contributed by atoms with Crippen LogP contribution < -0.4 is 0 Å². The van der Waals surface area contributed by atoms with Gasteiger partial charge in [-0.15, -0.1) is 0 Å². The molecule has 0 aliphatic heterocycles. The van der Waals surface area contributed by atoms with Crippen molar-refractivity contribution in [1.29, 1.82) is 0 Å². The normalized spacial score (nSPS) is 11.8. The minimum absolute atomic E-state index is 0.131. The second-order valence-electron chi connectivity index (χ2n) is 12.3. The Morgan fingerprint density at radius 3 is 1.52 bits per heavy atom. The van der Waals surface area contributed by atoms with Crippen LogP contribution in [-0.4, -0.2) is 38.1 Å². The SMILES string of the molecule is CCCCCCCCCCCCCCCCCC[N+](C)(C)Cc1ccccc1.Cc1ccc(S(=O)(=O)[O-])c(C)c1. The largest absolute Gasteiger partial charge is 0.744 e. The van der Waals surface area contributed by atoms with Crippen LogP contribution in [0.15, 0.2) is 53.4 Å². The summed E-state index contributed by atoms with van der Waals surface area (Å²) in [5.41, 5.74) is 2.91. The highest BCUT2D eigenvalue weighted by molar-refractivity contribution is 7.85. The fourth-order valence-corrected chi connectivity index (χ4v) is 6.01. The lowest BCUT2D eigenvalue weighted by molar-refractivity contribution is -0.903. The van der Waals surface area contributed by atoms with Crippen LogP contribution in [0.2, 0.25) is 0 Å². The molecule has 0 aromatic heterocycles. The molecule has 2 aromatic carbocycles. The van der Waals surface area contributed by atoms with Gasteiger partial charge < -0.3 is 9.04 Å². The third kappa shape index (κ3) is 18.6. The summed E-state index contributed by atoms with van der Waals surface area (Å²) >= 11 is 0. The number of nitrogens with zero attached hydrogens (tertiary/aromatic N) is 1. The molecule has 0 atom stereocenters. The fraction of sp³-hybridized carbons (Fsp3) is 0.657. The number of quaternary nitrogens is 1. The average molecular weight is 574 g/mol. The average Bonchev–Trinajstić information content (AvgIpc) is 2.88. The zero-order valence-electron chi connectivity index (χ0n) is 26.4. The van der Waals surface area contributed by atoms with Crippen molar-refractivity contribution in [3.8, 4) is 0 Å². The molecule has 0 heterocycles. The fourth-order valence-electron chi connectivity index (χ4n) is 5.32. The first-order valence-electron chi connectivity index (χ1n) is 15.9. The Bertz CT molecular complexity index is 1000. The maximum absolute atomic E-state index is 10.6. The van der Waals surface area contributed by atoms with Crippen LogP contribution in [0.1, 0.15) is 126 Å². The Labute approximate surface area is 247 Å². The van der Waals surface area contributed by atoms with E-state index in [4.69, 9.17) is 0 Å². The summed E-state index contributed by atoms with van der Waals surface area (Å²) in [5.74, 6) is 0. The second-order valence-corrected chi connectivity index (χ2v) is 13.7. The van der Waals surface area contributed by atoms with Crippen LogP contribution in [0.5, 0.6) is 0 Å². The summed E-state index contributed by atoms with van der Waals surface area (Å²) < 4.78 is 32.9. The predicted octanol–water partition coefficient (Wildman–Crippen LogP) is 9.73. The molecule has 2 aromatic rings. The number of benzene rings is 2. The van der Waals surface area contributed by atoms with Gasteiger partial charge in [-0.2, -0.15) is 0 Å². The maximum atomic E-state index is 10.6. The van der Waals surface area contributed by atoms with Gasteiger partial charge in [-0.25, -0.2) is 8.42 Å². The lowest BCUT2D eigenvalue weighted by Crippen LogP contribution is -2.39. The van der Waals surface area contributed by atoms with E-state index in [1.54, 1.807) is 19.1 Å². The van der Waals surface area contributed by atoms with Gasteiger partial charge in [0, 0.05) is 5.56 Å². The number of aryl methyl sites for hydroxylation is 2. The van der Waals surface area contributed by atoms with Gasteiger partial charge in [0.25, 0.3) is 0 Å². The van der Waals surface area contributed by atoms with Crippen LogP contribution in [0.3, 0.4) is 0 Å². The van der Waals surface area contributed by atoms with Crippen LogP contribution in [-0.2, 0) is 16.7 Å². The molecule has 0 aliphatic carbocycles. The van der Waals surface area contributed by atoms with Crippen molar-refractivity contribution in [1.82, 2.24) is 0 Å². The number of hydrogen-bond donors (Lipinski definition) is 0. The number of rotatable bonds is 20. The molecule has 0 N–H and O–H groups in total. The Morgan fingerprint density at radius 2 is 1.10 bits per heavy atom. The van der Waals surface area contributed by atoms with Gasteiger partial charge in [-0.05, 0) is 38.3 Å². The highest BCUT2D eigenvalue weighted by Gasteiger charge is 2.14. The molecule has 0 amide bonds. The maximum Gasteiger partial charge on any atom is 0.124 e. The summed E-state index contributed by atoms with van der Waals surface area (Å²) in [6.07, 6.45) is 23.2. The molecular formula is C35H59NO3S. The van der Waals surface area contributed by atoms with E-state index in [0.29, 0.717) is 5.56 Å². The van der Waals surface area contributed by atoms with Crippen molar-refractivity contribution in [2.24, 2.45) is 0 Å². The monoisotopic (exact) mass is 573 g/mol. The van der Waals surface area contributed by atoms with Gasteiger partial charge in [0.15, 0.2) is 0 Å². The topological polar surface area (TPSA) is 57.2 Å². The molecule has 2 rings (SSSR count). The van der Waals surface area contributed by atoms with Crippen molar-refractivity contribution in [2.45, 2.75) is 135 Å². The van der Waals surface area contributed by atoms with Gasteiger partial charge in [-0.1, -0.05) is 145 Å². The smallest absolute Gasteiger partial charge is 0.124 e. The minimum atomic E-state index is -4.30. The summed E-state index contributed by atoms with van der Waals surface area (Å²) in [6.45, 7) is 8.20. The zero-order chi connectivity index (χ0) is 29.7. The lowest BCUT2D eigenvalue weighted by atomic mass is 10.0. The molecule has 4 nitrogen and oxygen atoms in total. The molecule has 0 saturated heterocycles. The first kappa shape index (κ1) is 36.3. The van der Waals surface area contributed by atoms with E-state index in [-0.39, 0.29) is 4.90 Å². The standard InChI is InChI=1S/C27H50N.C8H10O3S/c1-4-5-6-7-8-9-10-11-12-13-14-15-16-17-18-22-25-28(2,3)26-27-23-20-19-21-24-27;1-6-3-4-8(7(2)5-6)12(9,10)11/h19-21,23-24H,4-18,22,25-26H2,1-3H3;3-5H,1-2H3,(H,9,10,11)/q+1;/p-1. The van der Waals surface area contributed by atoms with Crippen molar-refractivity contribution in [2.75, 3.05) is 20.6 Å². The summed E-state index contributed by atoms with van der Waals surface area (Å²) in [5, 5.41) is 0. The molecule has 5 heteroatoms. The Morgan fingerprint density at radius 1 is 0.650 bits per heavy atom. The Balaban J connectivity index is 0.000000552. The lowest BCUT2D eigenvalue weighted by Gasteiger charge is -2.30. The molecule has 0 unspecified atom stereocenters. The molecule has 0 bridgehead atoms. The van der Waals surface area contributed by atoms with E-state index in [9.17, 15) is 13.0 Å². The number of hydrogen-bond acceptors (Lipinski definition) is 3. The van der Waals surface area contributed by atoms with E-state index in [2.05, 4.69) is 51.4 Å². The van der Waals surface area contributed by atoms with E-state index in [1.165, 1.54) is 121 Å². The van der Waals surface area contributed by atoms with Crippen LogP contribution in [0, 0.1) is 13.8 Å². The first-order valence-corrected chi connectivity index (χ1v) is 17.3. The van der Waals surface area contributed by atoms with Crippen molar-refractivity contribution in [3.05, 3.63) is 65.2 Å². The Kier molecular flexibility index (Phi) is 19.1. The Hall–Kier alpha value is -1.69. The summed E-state index contributed by atoms with van der Waals surface area (Å²) in [6, 6.07) is 15.6. The van der Waals surface area contributed by atoms with Crippen molar-refractivity contribution in [3.63, 3.8) is 0 Å². The van der Waals surface area contributed by atoms with E-state index in [1.807, 2.05) is 6.92 Å². The first-order chi connectivity index (χ1) is 19.0. The van der Waals surface area contributed by atoms with Crippen LogP contribution in [0.4, 0.5) is 0 Å². The van der Waals surface area contributed by atoms with Gasteiger partial charge in [0.05, 0.1) is 25.5 Å². The van der Waals surface area contributed by atoms with Gasteiger partial charge in [-0.3, -0.25) is 0 Å². The molecule has 0 aliphatic rings. The summed E-state index contributed by atoms with van der Waals surface area (Å²) in [4.78, 5) is -0.131. The van der Waals surface area contributed by atoms with Crippen LogP contribution >= 0.6 is 0 Å². The van der Waals surface area contributed by atoms with E-state index < -0.39 is 10.1 Å². The van der Waals surface area contributed by atoms with Crippen molar-refractivity contribution < 1.29 is 17.5 Å². The molecule has 228 valence electrons. The van der Waals surface area contributed by atoms with Crippen molar-refractivity contribution >= 4 is 10.1 Å². The third-order valence-electron chi connectivity index (χ3n) is 7.67. The van der Waals surface area contributed by atoms with Gasteiger partial charge in [0.1, 0.15) is 16.7 Å². The third-order valence-corrected chi connectivity index (χ3v) is 8.67. The molecule has 0 fully saturated rings. The van der Waals surface area contributed by atoms with E-state index >= 15 is 0 Å². The highest BCUT2D eigenvalue weighted by Crippen LogP contribution is 2.16. The molecular weight excluding hydrogens is 514 g/mol.